The molecule has 0 amide bonds. The lowest BCUT2D eigenvalue weighted by molar-refractivity contribution is 0.287. The van der Waals surface area contributed by atoms with Gasteiger partial charge >= 0.3 is 0 Å². The summed E-state index contributed by atoms with van der Waals surface area (Å²) in [7, 11) is 4.11. The van der Waals surface area contributed by atoms with Gasteiger partial charge in [0.15, 0.2) is 0 Å². The smallest absolute Gasteiger partial charge is 0.0741 e. The van der Waals surface area contributed by atoms with Gasteiger partial charge in [0.25, 0.3) is 0 Å². The van der Waals surface area contributed by atoms with Crippen LogP contribution in [-0.4, -0.2) is 36.0 Å². The molecule has 0 radical (unpaired) electrons. The molecule has 0 aromatic rings. The van der Waals surface area contributed by atoms with Crippen LogP contribution in [-0.2, 0) is 0 Å². The highest BCUT2D eigenvalue weighted by atomic mass is 16.4. The summed E-state index contributed by atoms with van der Waals surface area (Å²) in [6.07, 6.45) is 7.11. The monoisotopic (exact) mass is 184 g/mol. The van der Waals surface area contributed by atoms with Gasteiger partial charge in [-0.1, -0.05) is 24.4 Å². The lowest BCUT2D eigenvalue weighted by Crippen LogP contribution is -2.36. The molecule has 0 aromatic carbocycles. The fraction of sp³-hybridized carbons (Fsp3) is 0.900. The van der Waals surface area contributed by atoms with Crippen LogP contribution in [0.15, 0.2) is 5.16 Å². The minimum Gasteiger partial charge on any atom is -0.411 e. The Morgan fingerprint density at radius 2 is 1.92 bits per heavy atom. The fourth-order valence-corrected chi connectivity index (χ4v) is 2.00. The first kappa shape index (κ1) is 10.5. The van der Waals surface area contributed by atoms with Crippen LogP contribution in [0.1, 0.15) is 38.5 Å². The molecule has 3 nitrogen and oxygen atoms in total. The van der Waals surface area contributed by atoms with E-state index in [1.54, 1.807) is 0 Å². The molecule has 76 valence electrons. The molecule has 1 atom stereocenters. The Labute approximate surface area is 80.4 Å². The molecule has 1 unspecified atom stereocenters. The first-order valence-corrected chi connectivity index (χ1v) is 5.13. The highest BCUT2D eigenvalue weighted by molar-refractivity contribution is 5.89. The van der Waals surface area contributed by atoms with Crippen molar-refractivity contribution in [2.45, 2.75) is 44.6 Å². The third-order valence-electron chi connectivity index (χ3n) is 2.80. The second kappa shape index (κ2) is 5.22. The number of rotatable bonds is 1. The number of hydrogen-bond acceptors (Lipinski definition) is 3. The van der Waals surface area contributed by atoms with Crippen molar-refractivity contribution in [3.8, 4) is 0 Å². The molecule has 13 heavy (non-hydrogen) atoms. The molecule has 0 aromatic heterocycles. The topological polar surface area (TPSA) is 35.8 Å². The zero-order valence-electron chi connectivity index (χ0n) is 8.66. The molecule has 0 heterocycles. The average molecular weight is 184 g/mol. The van der Waals surface area contributed by atoms with Crippen molar-refractivity contribution in [1.82, 2.24) is 4.90 Å². The van der Waals surface area contributed by atoms with Crippen molar-refractivity contribution in [2.75, 3.05) is 14.1 Å². The van der Waals surface area contributed by atoms with Crippen LogP contribution in [0.5, 0.6) is 0 Å². The van der Waals surface area contributed by atoms with Crippen LogP contribution >= 0.6 is 0 Å². The van der Waals surface area contributed by atoms with Gasteiger partial charge in [-0.3, -0.25) is 0 Å². The predicted molar refractivity (Wildman–Crippen MR) is 54.4 cm³/mol. The Hall–Kier alpha value is -0.570. The van der Waals surface area contributed by atoms with Crippen molar-refractivity contribution in [3.63, 3.8) is 0 Å². The quantitative estimate of drug-likeness (QED) is 0.500. The second-order valence-electron chi connectivity index (χ2n) is 4.02. The molecule has 3 heteroatoms. The molecule has 1 aliphatic carbocycles. The molecule has 0 spiro atoms. The Morgan fingerprint density at radius 1 is 1.23 bits per heavy atom. The lowest BCUT2D eigenvalue weighted by Gasteiger charge is -2.26. The normalized spacial score (nSPS) is 28.8. The van der Waals surface area contributed by atoms with E-state index in [-0.39, 0.29) is 0 Å². The Kier molecular flexibility index (Phi) is 4.22. The standard InChI is InChI=1S/C10H20N2O/c1-12(2)10-8-6-4-3-5-7-9(10)11-13/h10,13H,3-8H2,1-2H3/b11-9-. The summed E-state index contributed by atoms with van der Waals surface area (Å²) >= 11 is 0. The van der Waals surface area contributed by atoms with E-state index < -0.39 is 0 Å². The maximum Gasteiger partial charge on any atom is 0.0741 e. The highest BCUT2D eigenvalue weighted by Crippen LogP contribution is 2.18. The maximum absolute atomic E-state index is 8.89. The molecule has 1 aliphatic rings. The molecular formula is C10H20N2O. The van der Waals surface area contributed by atoms with Crippen molar-refractivity contribution in [1.29, 1.82) is 0 Å². The Bertz CT molecular complexity index is 178. The van der Waals surface area contributed by atoms with Crippen molar-refractivity contribution < 1.29 is 5.21 Å². The molecule has 1 rings (SSSR count). The Morgan fingerprint density at radius 3 is 2.54 bits per heavy atom. The van der Waals surface area contributed by atoms with Gasteiger partial charge < -0.3 is 10.1 Å². The van der Waals surface area contributed by atoms with Gasteiger partial charge in [-0.15, -0.1) is 0 Å². The van der Waals surface area contributed by atoms with Crippen molar-refractivity contribution >= 4 is 5.71 Å². The molecule has 0 bridgehead atoms. The van der Waals surface area contributed by atoms with Crippen LogP contribution in [0.4, 0.5) is 0 Å². The van der Waals surface area contributed by atoms with Crippen LogP contribution in [0.2, 0.25) is 0 Å². The largest absolute Gasteiger partial charge is 0.411 e. The lowest BCUT2D eigenvalue weighted by atomic mass is 9.94. The van der Waals surface area contributed by atoms with Crippen molar-refractivity contribution in [3.05, 3.63) is 0 Å². The van der Waals surface area contributed by atoms with Crippen LogP contribution < -0.4 is 0 Å². The zero-order chi connectivity index (χ0) is 9.68. The molecule has 0 aliphatic heterocycles. The SMILES string of the molecule is CN(C)C1CCCCCC/C1=N/O. The summed E-state index contributed by atoms with van der Waals surface area (Å²) in [5.74, 6) is 0. The van der Waals surface area contributed by atoms with Crippen LogP contribution in [0.3, 0.4) is 0 Å². The van der Waals surface area contributed by atoms with E-state index in [9.17, 15) is 0 Å². The van der Waals surface area contributed by atoms with Gasteiger partial charge in [-0.05, 0) is 33.4 Å². The van der Waals surface area contributed by atoms with Gasteiger partial charge in [0.1, 0.15) is 0 Å². The van der Waals surface area contributed by atoms with E-state index >= 15 is 0 Å². The minimum atomic E-state index is 0.352. The summed E-state index contributed by atoms with van der Waals surface area (Å²) in [4.78, 5) is 2.15. The fourth-order valence-electron chi connectivity index (χ4n) is 2.00. The number of hydrogen-bond donors (Lipinski definition) is 1. The summed E-state index contributed by atoms with van der Waals surface area (Å²) in [5.41, 5.74) is 0.963. The number of oxime groups is 1. The van der Waals surface area contributed by atoms with Gasteiger partial charge in [0.05, 0.1) is 11.8 Å². The molecular weight excluding hydrogens is 164 g/mol. The summed E-state index contributed by atoms with van der Waals surface area (Å²) in [5, 5.41) is 12.3. The van der Waals surface area contributed by atoms with Gasteiger partial charge in [0.2, 0.25) is 0 Å². The van der Waals surface area contributed by atoms with Crippen molar-refractivity contribution in [2.24, 2.45) is 5.16 Å². The predicted octanol–water partition coefficient (Wildman–Crippen LogP) is 2.10. The Balaban J connectivity index is 2.61. The second-order valence-corrected chi connectivity index (χ2v) is 4.02. The summed E-state index contributed by atoms with van der Waals surface area (Å²) < 4.78 is 0. The minimum absolute atomic E-state index is 0.352. The van der Waals surface area contributed by atoms with E-state index in [0.717, 1.165) is 18.6 Å². The molecule has 1 fully saturated rings. The van der Waals surface area contributed by atoms with E-state index in [2.05, 4.69) is 24.2 Å². The average Bonchev–Trinajstić information content (AvgIpc) is 2.03. The van der Waals surface area contributed by atoms with E-state index in [4.69, 9.17) is 5.21 Å². The van der Waals surface area contributed by atoms with E-state index in [1.807, 2.05) is 0 Å². The molecule has 1 N–H and O–H groups in total. The zero-order valence-corrected chi connectivity index (χ0v) is 8.66. The van der Waals surface area contributed by atoms with E-state index in [1.165, 1.54) is 25.7 Å². The maximum atomic E-state index is 8.89. The summed E-state index contributed by atoms with van der Waals surface area (Å²) in [6.45, 7) is 0. The van der Waals surface area contributed by atoms with Crippen LogP contribution in [0.25, 0.3) is 0 Å². The van der Waals surface area contributed by atoms with Gasteiger partial charge in [-0.2, -0.15) is 0 Å². The first-order valence-electron chi connectivity index (χ1n) is 5.13. The van der Waals surface area contributed by atoms with Gasteiger partial charge in [-0.25, -0.2) is 0 Å². The first-order chi connectivity index (χ1) is 6.25. The number of nitrogens with zero attached hydrogens (tertiary/aromatic N) is 2. The summed E-state index contributed by atoms with van der Waals surface area (Å²) in [6, 6.07) is 0.352. The third-order valence-corrected chi connectivity index (χ3v) is 2.80. The third kappa shape index (κ3) is 2.99. The molecule has 1 saturated carbocycles. The highest BCUT2D eigenvalue weighted by Gasteiger charge is 2.19. The van der Waals surface area contributed by atoms with Crippen LogP contribution in [0, 0.1) is 0 Å². The van der Waals surface area contributed by atoms with E-state index in [0.29, 0.717) is 6.04 Å². The van der Waals surface area contributed by atoms with Gasteiger partial charge in [0, 0.05) is 0 Å². The molecule has 0 saturated heterocycles.